The summed E-state index contributed by atoms with van der Waals surface area (Å²) in [5.74, 6) is 0.759. The largest absolute Gasteiger partial charge is 0.314 e. The first-order valence-corrected chi connectivity index (χ1v) is 3.41. The number of rotatable bonds is 3. The van der Waals surface area contributed by atoms with Crippen LogP contribution in [0, 0.1) is 5.92 Å². The lowest BCUT2D eigenvalue weighted by molar-refractivity contribution is 0.437. The standard InChI is InChI=1S/C7H17N/c1-5-8-7(4)6(2)3/h6-8H,5H2,1-4H3/t7-/m1/s1. The van der Waals surface area contributed by atoms with Gasteiger partial charge in [0.05, 0.1) is 0 Å². The highest BCUT2D eigenvalue weighted by atomic mass is 14.9. The van der Waals surface area contributed by atoms with Crippen molar-refractivity contribution in [2.75, 3.05) is 6.54 Å². The van der Waals surface area contributed by atoms with Crippen molar-refractivity contribution in [3.8, 4) is 0 Å². The van der Waals surface area contributed by atoms with Crippen molar-refractivity contribution in [2.24, 2.45) is 5.92 Å². The molecule has 0 aromatic rings. The van der Waals surface area contributed by atoms with Crippen LogP contribution in [0.2, 0.25) is 0 Å². The van der Waals surface area contributed by atoms with Crippen molar-refractivity contribution < 1.29 is 0 Å². The molecule has 0 heterocycles. The van der Waals surface area contributed by atoms with E-state index in [2.05, 4.69) is 33.0 Å². The van der Waals surface area contributed by atoms with Crippen molar-refractivity contribution in [1.82, 2.24) is 5.32 Å². The van der Waals surface area contributed by atoms with E-state index < -0.39 is 0 Å². The van der Waals surface area contributed by atoms with Crippen LogP contribution >= 0.6 is 0 Å². The van der Waals surface area contributed by atoms with Crippen LogP contribution in [0.15, 0.2) is 0 Å². The maximum Gasteiger partial charge on any atom is 0.00616 e. The molecule has 0 rings (SSSR count). The van der Waals surface area contributed by atoms with E-state index in [-0.39, 0.29) is 0 Å². The van der Waals surface area contributed by atoms with Gasteiger partial charge >= 0.3 is 0 Å². The fourth-order valence-corrected chi connectivity index (χ4v) is 0.558. The van der Waals surface area contributed by atoms with Crippen LogP contribution in [-0.4, -0.2) is 12.6 Å². The Morgan fingerprint density at radius 2 is 1.75 bits per heavy atom. The van der Waals surface area contributed by atoms with E-state index in [1.807, 2.05) is 0 Å². The van der Waals surface area contributed by atoms with Crippen LogP contribution in [0.25, 0.3) is 0 Å². The van der Waals surface area contributed by atoms with Crippen LogP contribution in [0.4, 0.5) is 0 Å². The van der Waals surface area contributed by atoms with E-state index in [1.54, 1.807) is 0 Å². The van der Waals surface area contributed by atoms with Gasteiger partial charge in [-0.15, -0.1) is 0 Å². The van der Waals surface area contributed by atoms with Gasteiger partial charge in [-0.3, -0.25) is 0 Å². The summed E-state index contributed by atoms with van der Waals surface area (Å²) in [5, 5.41) is 3.34. The van der Waals surface area contributed by atoms with Gasteiger partial charge in [0.1, 0.15) is 0 Å². The predicted octanol–water partition coefficient (Wildman–Crippen LogP) is 1.64. The van der Waals surface area contributed by atoms with Gasteiger partial charge in [0.2, 0.25) is 0 Å². The molecule has 1 atom stereocenters. The Morgan fingerprint density at radius 1 is 1.25 bits per heavy atom. The van der Waals surface area contributed by atoms with E-state index in [0.717, 1.165) is 12.5 Å². The lowest BCUT2D eigenvalue weighted by Gasteiger charge is -2.15. The predicted molar refractivity (Wildman–Crippen MR) is 38.0 cm³/mol. The molecule has 0 saturated carbocycles. The zero-order chi connectivity index (χ0) is 6.57. The first-order chi connectivity index (χ1) is 3.68. The van der Waals surface area contributed by atoms with Crippen LogP contribution in [-0.2, 0) is 0 Å². The topological polar surface area (TPSA) is 12.0 Å². The highest BCUT2D eigenvalue weighted by Gasteiger charge is 2.02. The molecular weight excluding hydrogens is 98.1 g/mol. The Labute approximate surface area is 52.5 Å². The Morgan fingerprint density at radius 3 is 1.88 bits per heavy atom. The van der Waals surface area contributed by atoms with E-state index in [0.29, 0.717) is 6.04 Å². The van der Waals surface area contributed by atoms with Crippen LogP contribution < -0.4 is 5.32 Å². The number of nitrogens with one attached hydrogen (secondary N) is 1. The van der Waals surface area contributed by atoms with Crippen LogP contribution in [0.1, 0.15) is 27.7 Å². The smallest absolute Gasteiger partial charge is 0.00616 e. The van der Waals surface area contributed by atoms with Crippen molar-refractivity contribution in [3.05, 3.63) is 0 Å². The molecule has 0 aliphatic rings. The molecular formula is C7H17N. The van der Waals surface area contributed by atoms with Gasteiger partial charge in [0.15, 0.2) is 0 Å². The van der Waals surface area contributed by atoms with Gasteiger partial charge in [-0.25, -0.2) is 0 Å². The number of hydrogen-bond acceptors (Lipinski definition) is 1. The van der Waals surface area contributed by atoms with Gasteiger partial charge in [-0.05, 0) is 19.4 Å². The molecule has 1 nitrogen and oxygen atoms in total. The summed E-state index contributed by atoms with van der Waals surface area (Å²) in [6, 6.07) is 0.667. The van der Waals surface area contributed by atoms with Crippen LogP contribution in [0.5, 0.6) is 0 Å². The molecule has 50 valence electrons. The summed E-state index contributed by atoms with van der Waals surface area (Å²) in [7, 11) is 0. The molecule has 8 heavy (non-hydrogen) atoms. The molecule has 0 spiro atoms. The molecule has 0 saturated heterocycles. The Kier molecular flexibility index (Phi) is 3.88. The lowest BCUT2D eigenvalue weighted by atomic mass is 10.1. The third-order valence-electron chi connectivity index (χ3n) is 1.53. The average Bonchev–Trinajstić information content (AvgIpc) is 1.67. The first-order valence-electron chi connectivity index (χ1n) is 3.41. The van der Waals surface area contributed by atoms with Gasteiger partial charge in [-0.2, -0.15) is 0 Å². The molecule has 1 N–H and O–H groups in total. The van der Waals surface area contributed by atoms with Gasteiger partial charge in [0.25, 0.3) is 0 Å². The fraction of sp³-hybridized carbons (Fsp3) is 1.00. The molecule has 0 amide bonds. The van der Waals surface area contributed by atoms with E-state index in [4.69, 9.17) is 0 Å². The zero-order valence-corrected chi connectivity index (χ0v) is 6.36. The summed E-state index contributed by atoms with van der Waals surface area (Å²) in [6.45, 7) is 9.90. The Balaban J connectivity index is 3.17. The summed E-state index contributed by atoms with van der Waals surface area (Å²) in [5.41, 5.74) is 0. The lowest BCUT2D eigenvalue weighted by Crippen LogP contribution is -2.30. The van der Waals surface area contributed by atoms with Crippen molar-refractivity contribution in [1.29, 1.82) is 0 Å². The molecule has 0 aromatic heterocycles. The molecule has 0 aliphatic carbocycles. The summed E-state index contributed by atoms with van der Waals surface area (Å²) in [4.78, 5) is 0. The van der Waals surface area contributed by atoms with E-state index in [1.165, 1.54) is 0 Å². The fourth-order valence-electron chi connectivity index (χ4n) is 0.558. The van der Waals surface area contributed by atoms with Crippen molar-refractivity contribution in [3.63, 3.8) is 0 Å². The highest BCUT2D eigenvalue weighted by molar-refractivity contribution is 4.61. The summed E-state index contributed by atoms with van der Waals surface area (Å²) < 4.78 is 0. The molecule has 0 aromatic carbocycles. The second-order valence-corrected chi connectivity index (χ2v) is 2.59. The second kappa shape index (κ2) is 3.90. The summed E-state index contributed by atoms with van der Waals surface area (Å²) >= 11 is 0. The van der Waals surface area contributed by atoms with Crippen molar-refractivity contribution in [2.45, 2.75) is 33.7 Å². The molecule has 0 bridgehead atoms. The highest BCUT2D eigenvalue weighted by Crippen LogP contribution is 1.97. The SMILES string of the molecule is CCN[C@H](C)C(C)C. The van der Waals surface area contributed by atoms with Crippen molar-refractivity contribution >= 4 is 0 Å². The van der Waals surface area contributed by atoms with E-state index in [9.17, 15) is 0 Å². The molecule has 0 fully saturated rings. The van der Waals surface area contributed by atoms with Crippen LogP contribution in [0.3, 0.4) is 0 Å². The summed E-state index contributed by atoms with van der Waals surface area (Å²) in [6.07, 6.45) is 0. The minimum atomic E-state index is 0.667. The maximum absolute atomic E-state index is 3.34. The quantitative estimate of drug-likeness (QED) is 0.589. The zero-order valence-electron chi connectivity index (χ0n) is 6.36. The normalized spacial score (nSPS) is 14.6. The molecule has 0 radical (unpaired) electrons. The maximum atomic E-state index is 3.34. The molecule has 0 aliphatic heterocycles. The third-order valence-corrected chi connectivity index (χ3v) is 1.53. The Bertz CT molecular complexity index is 50.3. The van der Waals surface area contributed by atoms with Gasteiger partial charge < -0.3 is 5.32 Å². The third kappa shape index (κ3) is 3.03. The first kappa shape index (κ1) is 7.96. The average molecular weight is 115 g/mol. The number of hydrogen-bond donors (Lipinski definition) is 1. The molecule has 0 unspecified atom stereocenters. The minimum absolute atomic E-state index is 0.667. The monoisotopic (exact) mass is 115 g/mol. The van der Waals surface area contributed by atoms with E-state index >= 15 is 0 Å². The second-order valence-electron chi connectivity index (χ2n) is 2.59. The van der Waals surface area contributed by atoms with Gasteiger partial charge in [-0.1, -0.05) is 20.8 Å². The Hall–Kier alpha value is -0.0400. The van der Waals surface area contributed by atoms with Gasteiger partial charge in [0, 0.05) is 6.04 Å². The minimum Gasteiger partial charge on any atom is -0.314 e. The molecule has 1 heteroatoms.